The van der Waals surface area contributed by atoms with Gasteiger partial charge in [-0.2, -0.15) is 0 Å². The van der Waals surface area contributed by atoms with Crippen LogP contribution in [0.1, 0.15) is 60.4 Å². The molecular weight excluding hydrogens is 271 g/mol. The fourth-order valence-corrected chi connectivity index (χ4v) is 4.01. The van der Waals surface area contributed by atoms with Crippen molar-refractivity contribution in [2.24, 2.45) is 11.8 Å². The van der Waals surface area contributed by atoms with E-state index in [2.05, 4.69) is 0 Å². The maximum Gasteiger partial charge on any atom is 0.338 e. The first-order chi connectivity index (χ1) is 10.1. The number of rotatable bonds is 4. The lowest BCUT2D eigenvalue weighted by Crippen LogP contribution is -2.24. The molecule has 3 saturated carbocycles. The van der Waals surface area contributed by atoms with Crippen molar-refractivity contribution in [2.75, 3.05) is 0 Å². The molecule has 4 heteroatoms. The Morgan fingerprint density at radius 1 is 1.19 bits per heavy atom. The largest absolute Gasteiger partial charge is 0.487 e. The Balaban J connectivity index is 1.65. The zero-order chi connectivity index (χ0) is 14.6. The molecular formula is C17H19FO3. The Bertz CT molecular complexity index is 594. The van der Waals surface area contributed by atoms with Crippen LogP contribution in [0.25, 0.3) is 0 Å². The molecule has 2 bridgehead atoms. The van der Waals surface area contributed by atoms with E-state index in [0.717, 1.165) is 31.2 Å². The summed E-state index contributed by atoms with van der Waals surface area (Å²) in [6.45, 7) is 0. The van der Waals surface area contributed by atoms with E-state index in [9.17, 15) is 14.3 Å². The minimum atomic E-state index is -1.22. The zero-order valence-electron chi connectivity index (χ0n) is 11.8. The minimum absolute atomic E-state index is 0.0642. The molecule has 3 aliphatic rings. The first-order valence-electron chi connectivity index (χ1n) is 7.85. The topological polar surface area (TPSA) is 46.5 Å². The minimum Gasteiger partial charge on any atom is -0.487 e. The van der Waals surface area contributed by atoms with Crippen LogP contribution < -0.4 is 4.74 Å². The average molecular weight is 290 g/mol. The standard InChI is InChI=1S/C17H19FO3/c18-16-13(17(19)20)7-12(10-3-4-10)8-15(16)21-14-6-9-1-2-11(14)5-9/h7-11,14H,1-6H2,(H,19,20)/t9-,11+,14+/m1/s1. The number of fused-ring (bicyclic) bond motifs is 2. The van der Waals surface area contributed by atoms with Crippen molar-refractivity contribution in [2.45, 2.75) is 50.5 Å². The van der Waals surface area contributed by atoms with Gasteiger partial charge in [0, 0.05) is 0 Å². The van der Waals surface area contributed by atoms with E-state index in [4.69, 9.17) is 4.74 Å². The van der Waals surface area contributed by atoms with E-state index in [0.29, 0.717) is 17.8 Å². The molecule has 3 nitrogen and oxygen atoms in total. The molecule has 0 heterocycles. The highest BCUT2D eigenvalue weighted by atomic mass is 19.1. The third-order valence-corrected chi connectivity index (χ3v) is 5.29. The first kappa shape index (κ1) is 13.1. The lowest BCUT2D eigenvalue weighted by molar-refractivity contribution is 0.0688. The Hall–Kier alpha value is -1.58. The van der Waals surface area contributed by atoms with Gasteiger partial charge in [-0.1, -0.05) is 0 Å². The molecule has 0 aromatic heterocycles. The van der Waals surface area contributed by atoms with Gasteiger partial charge in [-0.05, 0) is 74.0 Å². The molecule has 0 spiro atoms. The van der Waals surface area contributed by atoms with E-state index in [1.54, 1.807) is 6.07 Å². The summed E-state index contributed by atoms with van der Waals surface area (Å²) in [7, 11) is 0. The molecule has 1 N–H and O–H groups in total. The molecule has 0 unspecified atom stereocenters. The molecule has 1 aromatic rings. The summed E-state index contributed by atoms with van der Waals surface area (Å²) >= 11 is 0. The van der Waals surface area contributed by atoms with E-state index >= 15 is 0 Å². The number of halogens is 1. The molecule has 0 amide bonds. The smallest absolute Gasteiger partial charge is 0.338 e. The summed E-state index contributed by atoms with van der Waals surface area (Å²) in [5.74, 6) is -0.163. The van der Waals surface area contributed by atoms with Crippen LogP contribution in [0.3, 0.4) is 0 Å². The number of aromatic carboxylic acids is 1. The van der Waals surface area contributed by atoms with Crippen molar-refractivity contribution in [3.05, 3.63) is 29.1 Å². The number of carboxylic acids is 1. The maximum atomic E-state index is 14.4. The van der Waals surface area contributed by atoms with Crippen molar-refractivity contribution >= 4 is 5.97 Å². The van der Waals surface area contributed by atoms with E-state index in [-0.39, 0.29) is 17.4 Å². The lowest BCUT2D eigenvalue weighted by Gasteiger charge is -2.24. The van der Waals surface area contributed by atoms with Gasteiger partial charge >= 0.3 is 5.97 Å². The van der Waals surface area contributed by atoms with Gasteiger partial charge in [0.05, 0.1) is 5.56 Å². The Labute approximate surface area is 123 Å². The number of ether oxygens (including phenoxy) is 1. The SMILES string of the molecule is O=C(O)c1cc(C2CC2)cc(O[C@H]2C[C@@H]3CC[C@H]2C3)c1F. The van der Waals surface area contributed by atoms with Crippen LogP contribution in [0.2, 0.25) is 0 Å². The number of carbonyl (C=O) groups is 1. The molecule has 112 valence electrons. The first-order valence-corrected chi connectivity index (χ1v) is 7.85. The van der Waals surface area contributed by atoms with Gasteiger partial charge in [0.15, 0.2) is 11.6 Å². The summed E-state index contributed by atoms with van der Waals surface area (Å²) in [6.07, 6.45) is 6.76. The molecule has 4 rings (SSSR count). The quantitative estimate of drug-likeness (QED) is 0.912. The van der Waals surface area contributed by atoms with Crippen molar-refractivity contribution in [3.63, 3.8) is 0 Å². The third kappa shape index (κ3) is 2.30. The molecule has 3 atom stereocenters. The number of benzene rings is 1. The molecule has 0 radical (unpaired) electrons. The van der Waals surface area contributed by atoms with Crippen LogP contribution in [0, 0.1) is 17.7 Å². The molecule has 1 aromatic carbocycles. The molecule has 21 heavy (non-hydrogen) atoms. The summed E-state index contributed by atoms with van der Waals surface area (Å²) in [5.41, 5.74) is 0.657. The van der Waals surface area contributed by atoms with Gasteiger partial charge in [-0.3, -0.25) is 0 Å². The fourth-order valence-electron chi connectivity index (χ4n) is 4.01. The maximum absolute atomic E-state index is 14.4. The summed E-state index contributed by atoms with van der Waals surface area (Å²) < 4.78 is 20.3. The van der Waals surface area contributed by atoms with Crippen LogP contribution in [-0.4, -0.2) is 17.2 Å². The Kier molecular flexibility index (Phi) is 2.95. The third-order valence-electron chi connectivity index (χ3n) is 5.29. The second-order valence-electron chi connectivity index (χ2n) is 6.79. The Morgan fingerprint density at radius 2 is 2.00 bits per heavy atom. The molecule has 0 saturated heterocycles. The summed E-state index contributed by atoms with van der Waals surface area (Å²) in [6, 6.07) is 3.20. The fraction of sp³-hybridized carbons (Fsp3) is 0.588. The van der Waals surface area contributed by atoms with Crippen molar-refractivity contribution in [1.29, 1.82) is 0 Å². The normalized spacial score (nSPS) is 30.6. The van der Waals surface area contributed by atoms with E-state index in [1.165, 1.54) is 18.9 Å². The number of hydrogen-bond acceptors (Lipinski definition) is 2. The van der Waals surface area contributed by atoms with Crippen molar-refractivity contribution in [3.8, 4) is 5.75 Å². The highest BCUT2D eigenvalue weighted by molar-refractivity contribution is 5.88. The van der Waals surface area contributed by atoms with Gasteiger partial charge in [0.25, 0.3) is 0 Å². The van der Waals surface area contributed by atoms with E-state index in [1.807, 2.05) is 0 Å². The monoisotopic (exact) mass is 290 g/mol. The molecule has 3 aliphatic carbocycles. The van der Waals surface area contributed by atoms with Gasteiger partial charge in [0.2, 0.25) is 0 Å². The number of carboxylic acid groups (broad SMARTS) is 1. The molecule has 0 aliphatic heterocycles. The second-order valence-corrected chi connectivity index (χ2v) is 6.79. The van der Waals surface area contributed by atoms with Crippen LogP contribution in [0.15, 0.2) is 12.1 Å². The van der Waals surface area contributed by atoms with Gasteiger partial charge < -0.3 is 9.84 Å². The number of hydrogen-bond donors (Lipinski definition) is 1. The predicted octanol–water partition coefficient (Wildman–Crippen LogP) is 3.97. The van der Waals surface area contributed by atoms with Gasteiger partial charge in [-0.25, -0.2) is 9.18 Å². The second kappa shape index (κ2) is 4.72. The zero-order valence-corrected chi connectivity index (χ0v) is 11.8. The summed E-state index contributed by atoms with van der Waals surface area (Å²) in [4.78, 5) is 11.2. The average Bonchev–Trinajstić information content (AvgIpc) is 3.10. The molecule has 3 fully saturated rings. The predicted molar refractivity (Wildman–Crippen MR) is 75.2 cm³/mol. The lowest BCUT2D eigenvalue weighted by atomic mass is 9.97. The highest BCUT2D eigenvalue weighted by Crippen LogP contribution is 2.47. The highest BCUT2D eigenvalue weighted by Gasteiger charge is 2.41. The van der Waals surface area contributed by atoms with E-state index < -0.39 is 11.8 Å². The van der Waals surface area contributed by atoms with Crippen LogP contribution >= 0.6 is 0 Å². The Morgan fingerprint density at radius 3 is 2.57 bits per heavy atom. The van der Waals surface area contributed by atoms with Gasteiger partial charge in [-0.15, -0.1) is 0 Å². The van der Waals surface area contributed by atoms with Crippen LogP contribution in [0.5, 0.6) is 5.75 Å². The van der Waals surface area contributed by atoms with Crippen molar-refractivity contribution in [1.82, 2.24) is 0 Å². The van der Waals surface area contributed by atoms with Crippen LogP contribution in [0.4, 0.5) is 4.39 Å². The summed E-state index contributed by atoms with van der Waals surface area (Å²) in [5, 5.41) is 9.19. The van der Waals surface area contributed by atoms with Crippen LogP contribution in [-0.2, 0) is 0 Å². The van der Waals surface area contributed by atoms with Gasteiger partial charge in [0.1, 0.15) is 6.10 Å². The van der Waals surface area contributed by atoms with Crippen molar-refractivity contribution < 1.29 is 19.0 Å².